The van der Waals surface area contributed by atoms with Crippen molar-refractivity contribution < 1.29 is 9.26 Å². The van der Waals surface area contributed by atoms with Crippen molar-refractivity contribution in [2.45, 2.75) is 32.9 Å². The Morgan fingerprint density at radius 2 is 2.00 bits per heavy atom. The van der Waals surface area contributed by atoms with Crippen molar-refractivity contribution in [3.63, 3.8) is 0 Å². The van der Waals surface area contributed by atoms with Crippen molar-refractivity contribution >= 4 is 0 Å². The summed E-state index contributed by atoms with van der Waals surface area (Å²) in [5.41, 5.74) is 2.19. The van der Waals surface area contributed by atoms with Gasteiger partial charge in [0.2, 0.25) is 0 Å². The van der Waals surface area contributed by atoms with E-state index in [-0.39, 0.29) is 0 Å². The molecule has 0 saturated carbocycles. The molecule has 0 aliphatic heterocycles. The number of hydrogen-bond donors (Lipinski definition) is 1. The minimum atomic E-state index is 0.401. The maximum absolute atomic E-state index is 5.66. The summed E-state index contributed by atoms with van der Waals surface area (Å²) in [6.07, 6.45) is 0. The molecule has 2 aromatic rings. The highest BCUT2D eigenvalue weighted by Crippen LogP contribution is 2.19. The minimum Gasteiger partial charge on any atom is -0.486 e. The van der Waals surface area contributed by atoms with Gasteiger partial charge >= 0.3 is 0 Å². The first-order chi connectivity index (χ1) is 9.19. The van der Waals surface area contributed by atoms with Crippen LogP contribution in [0.5, 0.6) is 5.75 Å². The second kappa shape index (κ2) is 6.38. The minimum absolute atomic E-state index is 0.401. The van der Waals surface area contributed by atoms with Gasteiger partial charge < -0.3 is 14.6 Å². The maximum Gasteiger partial charge on any atom is 0.174 e. The lowest BCUT2D eigenvalue weighted by Crippen LogP contribution is -2.04. The van der Waals surface area contributed by atoms with E-state index in [9.17, 15) is 0 Å². The summed E-state index contributed by atoms with van der Waals surface area (Å²) in [4.78, 5) is 0. The van der Waals surface area contributed by atoms with Gasteiger partial charge in [-0.05, 0) is 30.7 Å². The highest BCUT2D eigenvalue weighted by molar-refractivity contribution is 5.29. The molecule has 4 heteroatoms. The third kappa shape index (κ3) is 3.83. The van der Waals surface area contributed by atoms with Gasteiger partial charge in [-0.1, -0.05) is 31.1 Å². The first-order valence-corrected chi connectivity index (χ1v) is 6.51. The first kappa shape index (κ1) is 13.6. The van der Waals surface area contributed by atoms with Gasteiger partial charge in [-0.25, -0.2) is 0 Å². The molecule has 1 aromatic carbocycles. The van der Waals surface area contributed by atoms with Crippen LogP contribution in [0.1, 0.15) is 36.8 Å². The number of ether oxygens (including phenoxy) is 1. The molecule has 0 saturated heterocycles. The second-order valence-electron chi connectivity index (χ2n) is 4.83. The molecule has 1 N–H and O–H groups in total. The summed E-state index contributed by atoms with van der Waals surface area (Å²) < 4.78 is 10.8. The maximum atomic E-state index is 5.66. The number of aromatic nitrogens is 1. The van der Waals surface area contributed by atoms with E-state index in [0.29, 0.717) is 19.1 Å². The number of rotatable bonds is 6. The van der Waals surface area contributed by atoms with Crippen molar-refractivity contribution in [3.8, 4) is 5.75 Å². The largest absolute Gasteiger partial charge is 0.486 e. The molecular formula is C15H20N2O2. The number of nitrogens with one attached hydrogen (secondary N) is 1. The molecule has 0 aliphatic rings. The fraction of sp³-hybridized carbons (Fsp3) is 0.400. The van der Waals surface area contributed by atoms with E-state index in [4.69, 9.17) is 9.26 Å². The average Bonchev–Trinajstić information content (AvgIpc) is 2.85. The van der Waals surface area contributed by atoms with Gasteiger partial charge in [0.1, 0.15) is 12.4 Å². The van der Waals surface area contributed by atoms with Crippen molar-refractivity contribution in [2.24, 2.45) is 0 Å². The summed E-state index contributed by atoms with van der Waals surface area (Å²) in [6, 6.07) is 10.1. The van der Waals surface area contributed by atoms with Crippen LogP contribution in [0.2, 0.25) is 0 Å². The topological polar surface area (TPSA) is 47.3 Å². The van der Waals surface area contributed by atoms with E-state index >= 15 is 0 Å². The van der Waals surface area contributed by atoms with Crippen LogP contribution < -0.4 is 10.1 Å². The highest BCUT2D eigenvalue weighted by atomic mass is 16.5. The normalized spacial score (nSPS) is 10.9. The molecular weight excluding hydrogens is 240 g/mol. The van der Waals surface area contributed by atoms with E-state index in [0.717, 1.165) is 17.2 Å². The Morgan fingerprint density at radius 3 is 2.63 bits per heavy atom. The van der Waals surface area contributed by atoms with Gasteiger partial charge in [0, 0.05) is 12.6 Å². The third-order valence-electron chi connectivity index (χ3n) is 2.89. The van der Waals surface area contributed by atoms with E-state index in [1.54, 1.807) is 0 Å². The summed E-state index contributed by atoms with van der Waals surface area (Å²) in [5, 5.41) is 6.96. The molecule has 0 aliphatic carbocycles. The van der Waals surface area contributed by atoms with E-state index in [1.165, 1.54) is 5.56 Å². The predicted octanol–water partition coefficient (Wildman–Crippen LogP) is 3.10. The Kier molecular flexibility index (Phi) is 4.58. The Balaban J connectivity index is 1.90. The standard InChI is InChI=1S/C15H20N2O2/c1-11(2)12-4-6-14(7-5-12)18-10-15-8-13(9-16-3)17-19-15/h4-8,11,16H,9-10H2,1-3H3. The SMILES string of the molecule is CNCc1cc(COc2ccc(C(C)C)cc2)on1. The van der Waals surface area contributed by atoms with E-state index < -0.39 is 0 Å². The average molecular weight is 260 g/mol. The molecule has 19 heavy (non-hydrogen) atoms. The van der Waals surface area contributed by atoms with Crippen LogP contribution in [-0.2, 0) is 13.2 Å². The summed E-state index contributed by atoms with van der Waals surface area (Å²) in [5.74, 6) is 2.11. The van der Waals surface area contributed by atoms with E-state index in [2.05, 4.69) is 36.5 Å². The number of nitrogens with zero attached hydrogens (tertiary/aromatic N) is 1. The van der Waals surface area contributed by atoms with Crippen molar-refractivity contribution in [2.75, 3.05) is 7.05 Å². The Labute approximate surface area is 113 Å². The molecule has 1 heterocycles. The smallest absolute Gasteiger partial charge is 0.174 e. The molecule has 0 spiro atoms. The van der Waals surface area contributed by atoms with Crippen molar-refractivity contribution in [3.05, 3.63) is 47.3 Å². The summed E-state index contributed by atoms with van der Waals surface area (Å²) in [6.45, 7) is 5.45. The predicted molar refractivity (Wildman–Crippen MR) is 74.1 cm³/mol. The van der Waals surface area contributed by atoms with Crippen LogP contribution >= 0.6 is 0 Å². The fourth-order valence-electron chi connectivity index (χ4n) is 1.79. The third-order valence-corrected chi connectivity index (χ3v) is 2.89. The van der Waals surface area contributed by atoms with Crippen LogP contribution in [0.4, 0.5) is 0 Å². The van der Waals surface area contributed by atoms with Gasteiger partial charge in [-0.15, -0.1) is 0 Å². The Morgan fingerprint density at radius 1 is 1.26 bits per heavy atom. The highest BCUT2D eigenvalue weighted by Gasteiger charge is 2.05. The Hall–Kier alpha value is -1.81. The number of benzene rings is 1. The van der Waals surface area contributed by atoms with Gasteiger partial charge in [-0.2, -0.15) is 0 Å². The molecule has 1 aromatic heterocycles. The second-order valence-corrected chi connectivity index (χ2v) is 4.83. The Bertz CT molecular complexity index is 503. The summed E-state index contributed by atoms with van der Waals surface area (Å²) >= 11 is 0. The van der Waals surface area contributed by atoms with Crippen LogP contribution in [0.25, 0.3) is 0 Å². The lowest BCUT2D eigenvalue weighted by atomic mass is 10.0. The van der Waals surface area contributed by atoms with Crippen LogP contribution in [0.3, 0.4) is 0 Å². The molecule has 2 rings (SSSR count). The van der Waals surface area contributed by atoms with Gasteiger partial charge in [0.15, 0.2) is 5.76 Å². The number of hydrogen-bond acceptors (Lipinski definition) is 4. The van der Waals surface area contributed by atoms with Crippen LogP contribution in [-0.4, -0.2) is 12.2 Å². The molecule has 102 valence electrons. The monoisotopic (exact) mass is 260 g/mol. The first-order valence-electron chi connectivity index (χ1n) is 6.51. The van der Waals surface area contributed by atoms with Gasteiger partial charge in [-0.3, -0.25) is 0 Å². The van der Waals surface area contributed by atoms with Crippen molar-refractivity contribution in [1.82, 2.24) is 10.5 Å². The zero-order valence-corrected chi connectivity index (χ0v) is 11.6. The molecule has 0 fully saturated rings. The summed E-state index contributed by atoms with van der Waals surface area (Å²) in [7, 11) is 1.88. The van der Waals surface area contributed by atoms with Gasteiger partial charge in [0.05, 0.1) is 5.69 Å². The van der Waals surface area contributed by atoms with Crippen LogP contribution in [0.15, 0.2) is 34.9 Å². The molecule has 0 radical (unpaired) electrons. The molecule has 4 nitrogen and oxygen atoms in total. The molecule has 0 bridgehead atoms. The zero-order valence-electron chi connectivity index (χ0n) is 11.6. The fourth-order valence-corrected chi connectivity index (χ4v) is 1.79. The van der Waals surface area contributed by atoms with E-state index in [1.807, 2.05) is 25.2 Å². The van der Waals surface area contributed by atoms with Gasteiger partial charge in [0.25, 0.3) is 0 Å². The van der Waals surface area contributed by atoms with Crippen LogP contribution in [0, 0.1) is 0 Å². The molecule has 0 amide bonds. The quantitative estimate of drug-likeness (QED) is 0.867. The lowest BCUT2D eigenvalue weighted by molar-refractivity contribution is 0.248. The molecule has 0 atom stereocenters. The molecule has 0 unspecified atom stereocenters. The zero-order chi connectivity index (χ0) is 13.7. The van der Waals surface area contributed by atoms with Crippen molar-refractivity contribution in [1.29, 1.82) is 0 Å². The lowest BCUT2D eigenvalue weighted by Gasteiger charge is -2.07.